The number of aliphatic carboxylic acids is 1. The molecule has 0 atom stereocenters. The fraction of sp³-hybridized carbons (Fsp3) is 0.214. The maximum absolute atomic E-state index is 13.1. The first-order chi connectivity index (χ1) is 10.4. The third kappa shape index (κ3) is 4.11. The van der Waals surface area contributed by atoms with E-state index in [1.165, 1.54) is 11.0 Å². The average molecular weight is 343 g/mol. The highest BCUT2D eigenvalue weighted by Gasteiger charge is 2.31. The highest BCUT2D eigenvalue weighted by Crippen LogP contribution is 2.32. The number of carboxylic acid groups (broad SMARTS) is 1. The van der Waals surface area contributed by atoms with Crippen LogP contribution >= 0.6 is 24.0 Å². The van der Waals surface area contributed by atoms with E-state index in [1.54, 1.807) is 0 Å². The van der Waals surface area contributed by atoms with Gasteiger partial charge in [0.25, 0.3) is 5.91 Å². The fourth-order valence-electron chi connectivity index (χ4n) is 1.89. The van der Waals surface area contributed by atoms with Crippen LogP contribution in [0.2, 0.25) is 0 Å². The highest BCUT2D eigenvalue weighted by atomic mass is 32.2. The molecule has 0 unspecified atom stereocenters. The van der Waals surface area contributed by atoms with Crippen molar-refractivity contribution in [3.05, 3.63) is 40.3 Å². The van der Waals surface area contributed by atoms with E-state index in [-0.39, 0.29) is 35.8 Å². The predicted octanol–water partition coefficient (Wildman–Crippen LogP) is 3.03. The molecule has 0 radical (unpaired) electrons. The zero-order valence-corrected chi connectivity index (χ0v) is 12.8. The third-order valence-electron chi connectivity index (χ3n) is 2.83. The summed E-state index contributed by atoms with van der Waals surface area (Å²) in [5, 5.41) is 8.59. The SMILES string of the molecule is O=C(O)CCCN1C(=O)C(=Cc2cc(F)cc(F)c2)SC1=S. The molecular weight excluding hydrogens is 332 g/mol. The Hall–Kier alpha value is -1.80. The minimum Gasteiger partial charge on any atom is -0.481 e. The lowest BCUT2D eigenvalue weighted by Crippen LogP contribution is -2.29. The Bertz CT molecular complexity index is 656. The lowest BCUT2D eigenvalue weighted by atomic mass is 10.2. The van der Waals surface area contributed by atoms with Crippen LogP contribution in [-0.4, -0.2) is 32.7 Å². The van der Waals surface area contributed by atoms with Crippen LogP contribution < -0.4 is 0 Å². The highest BCUT2D eigenvalue weighted by molar-refractivity contribution is 8.26. The molecule has 116 valence electrons. The van der Waals surface area contributed by atoms with E-state index in [0.717, 1.165) is 30.0 Å². The summed E-state index contributed by atoms with van der Waals surface area (Å²) in [5.41, 5.74) is 0.225. The van der Waals surface area contributed by atoms with Gasteiger partial charge in [-0.15, -0.1) is 0 Å². The molecule has 1 N–H and O–H groups in total. The van der Waals surface area contributed by atoms with E-state index in [1.807, 2.05) is 0 Å². The molecule has 2 rings (SSSR count). The Morgan fingerprint density at radius 3 is 2.55 bits per heavy atom. The monoisotopic (exact) mass is 343 g/mol. The number of carboxylic acids is 1. The standard InChI is InChI=1S/C14H11F2NO3S2/c15-9-4-8(5-10(16)7-9)6-11-13(20)17(14(21)22-11)3-1-2-12(18)19/h4-7H,1-3H2,(H,18,19). The molecule has 1 aromatic carbocycles. The molecule has 8 heteroatoms. The van der Waals surface area contributed by atoms with Gasteiger partial charge in [0.1, 0.15) is 16.0 Å². The molecule has 1 aliphatic heterocycles. The number of hydrogen-bond donors (Lipinski definition) is 1. The number of halogens is 2. The van der Waals surface area contributed by atoms with E-state index < -0.39 is 17.6 Å². The zero-order valence-electron chi connectivity index (χ0n) is 11.2. The molecule has 1 amide bonds. The molecule has 1 aromatic rings. The van der Waals surface area contributed by atoms with Crippen molar-refractivity contribution in [1.29, 1.82) is 0 Å². The number of carbonyl (C=O) groups excluding carboxylic acids is 1. The Kier molecular flexibility index (Phi) is 5.25. The minimum atomic E-state index is -0.948. The summed E-state index contributed by atoms with van der Waals surface area (Å²) in [6.07, 6.45) is 1.58. The first-order valence-corrected chi connectivity index (χ1v) is 7.52. The maximum atomic E-state index is 13.1. The maximum Gasteiger partial charge on any atom is 0.303 e. The fourth-order valence-corrected chi connectivity index (χ4v) is 3.20. The topological polar surface area (TPSA) is 57.6 Å². The van der Waals surface area contributed by atoms with Gasteiger partial charge in [-0.1, -0.05) is 24.0 Å². The smallest absolute Gasteiger partial charge is 0.303 e. The van der Waals surface area contributed by atoms with Gasteiger partial charge in [0.05, 0.1) is 4.91 Å². The van der Waals surface area contributed by atoms with Crippen molar-refractivity contribution in [2.24, 2.45) is 0 Å². The second kappa shape index (κ2) is 6.97. The number of thioether (sulfide) groups is 1. The van der Waals surface area contributed by atoms with Crippen LogP contribution in [0.15, 0.2) is 23.1 Å². The summed E-state index contributed by atoms with van der Waals surface area (Å²) in [5.74, 6) is -2.80. The quantitative estimate of drug-likeness (QED) is 0.658. The number of rotatable bonds is 5. The summed E-state index contributed by atoms with van der Waals surface area (Å²) < 4.78 is 26.6. The van der Waals surface area contributed by atoms with Crippen LogP contribution in [0.3, 0.4) is 0 Å². The van der Waals surface area contributed by atoms with Crippen LogP contribution in [0.1, 0.15) is 18.4 Å². The van der Waals surface area contributed by atoms with Gasteiger partial charge in [-0.05, 0) is 30.2 Å². The van der Waals surface area contributed by atoms with E-state index in [2.05, 4.69) is 0 Å². The first kappa shape index (κ1) is 16.6. The van der Waals surface area contributed by atoms with Crippen molar-refractivity contribution in [3.63, 3.8) is 0 Å². The van der Waals surface area contributed by atoms with Crippen molar-refractivity contribution >= 4 is 46.3 Å². The van der Waals surface area contributed by atoms with Crippen LogP contribution in [0.4, 0.5) is 8.78 Å². The third-order valence-corrected chi connectivity index (χ3v) is 4.21. The number of thiocarbonyl (C=S) groups is 1. The van der Waals surface area contributed by atoms with Crippen molar-refractivity contribution in [2.75, 3.05) is 6.54 Å². The van der Waals surface area contributed by atoms with E-state index in [4.69, 9.17) is 17.3 Å². The largest absolute Gasteiger partial charge is 0.481 e. The molecular formula is C14H11F2NO3S2. The molecule has 22 heavy (non-hydrogen) atoms. The van der Waals surface area contributed by atoms with Crippen LogP contribution in [0, 0.1) is 11.6 Å². The van der Waals surface area contributed by atoms with Gasteiger partial charge in [0, 0.05) is 19.0 Å². The van der Waals surface area contributed by atoms with Crippen LogP contribution in [0.25, 0.3) is 6.08 Å². The molecule has 4 nitrogen and oxygen atoms in total. The molecule has 1 saturated heterocycles. The lowest BCUT2D eigenvalue weighted by Gasteiger charge is -2.13. The van der Waals surface area contributed by atoms with Gasteiger partial charge in [-0.3, -0.25) is 14.5 Å². The number of carbonyl (C=O) groups is 2. The Morgan fingerprint density at radius 2 is 1.95 bits per heavy atom. The predicted molar refractivity (Wildman–Crippen MR) is 83.1 cm³/mol. The minimum absolute atomic E-state index is 0.0643. The summed E-state index contributed by atoms with van der Waals surface area (Å²) >= 11 is 6.10. The van der Waals surface area contributed by atoms with Gasteiger partial charge in [0.2, 0.25) is 0 Å². The summed E-state index contributed by atoms with van der Waals surface area (Å²) in [6.45, 7) is 0.200. The lowest BCUT2D eigenvalue weighted by molar-refractivity contribution is -0.137. The van der Waals surface area contributed by atoms with Gasteiger partial charge < -0.3 is 5.11 Å². The summed E-state index contributed by atoms with van der Waals surface area (Å²) in [4.78, 5) is 24.2. The molecule has 0 saturated carbocycles. The Labute approximate surface area is 134 Å². The second-order valence-corrected chi connectivity index (χ2v) is 6.21. The van der Waals surface area contributed by atoms with E-state index >= 15 is 0 Å². The second-order valence-electron chi connectivity index (χ2n) is 4.53. The summed E-state index contributed by atoms with van der Waals surface area (Å²) in [7, 11) is 0. The van der Waals surface area contributed by atoms with Crippen molar-refractivity contribution in [1.82, 2.24) is 4.90 Å². The van der Waals surface area contributed by atoms with Crippen LogP contribution in [0.5, 0.6) is 0 Å². The average Bonchev–Trinajstić information content (AvgIpc) is 2.64. The molecule has 0 spiro atoms. The normalized spacial score (nSPS) is 16.6. The first-order valence-electron chi connectivity index (χ1n) is 6.30. The zero-order chi connectivity index (χ0) is 16.3. The number of nitrogens with zero attached hydrogens (tertiary/aromatic N) is 1. The van der Waals surface area contributed by atoms with Gasteiger partial charge in [-0.25, -0.2) is 8.78 Å². The van der Waals surface area contributed by atoms with Gasteiger partial charge in [0.15, 0.2) is 0 Å². The molecule has 1 heterocycles. The van der Waals surface area contributed by atoms with Crippen LogP contribution in [-0.2, 0) is 9.59 Å². The van der Waals surface area contributed by atoms with Crippen molar-refractivity contribution < 1.29 is 23.5 Å². The number of benzene rings is 1. The van der Waals surface area contributed by atoms with E-state index in [9.17, 15) is 18.4 Å². The Balaban J connectivity index is 2.13. The van der Waals surface area contributed by atoms with E-state index in [0.29, 0.717) is 4.32 Å². The Morgan fingerprint density at radius 1 is 1.32 bits per heavy atom. The molecule has 0 aliphatic carbocycles. The summed E-state index contributed by atoms with van der Waals surface area (Å²) in [6, 6.07) is 2.97. The molecule has 1 fully saturated rings. The van der Waals surface area contributed by atoms with Crippen molar-refractivity contribution in [3.8, 4) is 0 Å². The number of amides is 1. The molecule has 1 aliphatic rings. The van der Waals surface area contributed by atoms with Gasteiger partial charge in [-0.2, -0.15) is 0 Å². The van der Waals surface area contributed by atoms with Crippen molar-refractivity contribution in [2.45, 2.75) is 12.8 Å². The molecule has 0 bridgehead atoms. The van der Waals surface area contributed by atoms with Gasteiger partial charge >= 0.3 is 5.97 Å². The molecule has 0 aromatic heterocycles. The number of hydrogen-bond acceptors (Lipinski definition) is 4.